The summed E-state index contributed by atoms with van der Waals surface area (Å²) in [4.78, 5) is 10.5. The molecule has 0 saturated heterocycles. The Hall–Kier alpha value is -0.510. The Bertz CT molecular complexity index is 258. The van der Waals surface area contributed by atoms with E-state index in [1.54, 1.807) is 12.1 Å². The van der Waals surface area contributed by atoms with Crippen LogP contribution < -0.4 is 5.32 Å². The van der Waals surface area contributed by atoms with Gasteiger partial charge in [0.2, 0.25) is 5.91 Å². The Labute approximate surface area is 93.1 Å². The number of aromatic hydroxyl groups is 1. The van der Waals surface area contributed by atoms with Gasteiger partial charge in [-0.3, -0.25) is 4.79 Å². The maximum atomic E-state index is 10.5. The summed E-state index contributed by atoms with van der Waals surface area (Å²) in [6.45, 7) is 1.44. The molecule has 1 aromatic rings. The van der Waals surface area contributed by atoms with Gasteiger partial charge < -0.3 is 10.4 Å². The van der Waals surface area contributed by atoms with Crippen LogP contribution in [0.2, 0.25) is 0 Å². The number of nitrogens with one attached hydrogen (secondary N) is 1. The van der Waals surface area contributed by atoms with Crippen molar-refractivity contribution in [2.24, 2.45) is 0 Å². The van der Waals surface area contributed by atoms with Crippen molar-refractivity contribution in [3.63, 3.8) is 0 Å². The Kier molecular flexibility index (Phi) is 4.97. The first-order chi connectivity index (χ1) is 5.18. The Morgan fingerprint density at radius 1 is 1.33 bits per heavy atom. The zero-order valence-electron chi connectivity index (χ0n) is 6.16. The molecule has 0 heterocycles. The van der Waals surface area contributed by atoms with Crippen molar-refractivity contribution in [1.82, 2.24) is 0 Å². The summed E-state index contributed by atoms with van der Waals surface area (Å²) in [5.74, 6) is 0.0785. The van der Waals surface area contributed by atoms with Gasteiger partial charge in [-0.05, 0) is 24.3 Å². The topological polar surface area (TPSA) is 49.3 Å². The molecule has 4 heteroatoms. The predicted molar refractivity (Wildman–Crippen MR) is 49.6 cm³/mol. The first kappa shape index (κ1) is 11.5. The number of anilines is 1. The van der Waals surface area contributed by atoms with Crippen molar-refractivity contribution >= 4 is 41.2 Å². The Morgan fingerprint density at radius 2 is 1.83 bits per heavy atom. The molecule has 0 spiro atoms. The third-order valence-electron chi connectivity index (χ3n) is 1.19. The summed E-state index contributed by atoms with van der Waals surface area (Å²) in [6, 6.07) is 6.31. The summed E-state index contributed by atoms with van der Waals surface area (Å²) in [5, 5.41) is 11.5. The van der Waals surface area contributed by atoms with Crippen LogP contribution in [0.15, 0.2) is 24.3 Å². The number of phenolic OH excluding ortho intramolecular Hbond substituents is 1. The first-order valence-corrected chi connectivity index (χ1v) is 3.25. The van der Waals surface area contributed by atoms with E-state index in [9.17, 15) is 4.79 Å². The van der Waals surface area contributed by atoms with E-state index < -0.39 is 0 Å². The van der Waals surface area contributed by atoms with Gasteiger partial charge in [0.15, 0.2) is 0 Å². The Balaban J connectivity index is 0.00000121. The SMILES string of the molecule is CC(=O)Nc1ccc(O)cc1.[NaH]. The molecule has 0 unspecified atom stereocenters. The van der Waals surface area contributed by atoms with E-state index in [0.717, 1.165) is 0 Å². The molecule has 0 aliphatic carbocycles. The number of phenols is 1. The second-order valence-electron chi connectivity index (χ2n) is 2.23. The van der Waals surface area contributed by atoms with Crippen molar-refractivity contribution in [1.29, 1.82) is 0 Å². The third-order valence-corrected chi connectivity index (χ3v) is 1.19. The maximum absolute atomic E-state index is 10.5. The van der Waals surface area contributed by atoms with Crippen molar-refractivity contribution in [2.75, 3.05) is 5.32 Å². The van der Waals surface area contributed by atoms with E-state index >= 15 is 0 Å². The second-order valence-corrected chi connectivity index (χ2v) is 2.23. The predicted octanol–water partition coefficient (Wildman–Crippen LogP) is 0.702. The summed E-state index contributed by atoms with van der Waals surface area (Å²) >= 11 is 0. The molecule has 2 N–H and O–H groups in total. The van der Waals surface area contributed by atoms with Gasteiger partial charge in [-0.2, -0.15) is 0 Å². The van der Waals surface area contributed by atoms with Crippen molar-refractivity contribution < 1.29 is 9.90 Å². The van der Waals surface area contributed by atoms with Crippen molar-refractivity contribution in [2.45, 2.75) is 6.92 Å². The van der Waals surface area contributed by atoms with Crippen LogP contribution >= 0.6 is 0 Å². The molecular formula is C8H10NNaO2. The van der Waals surface area contributed by atoms with Gasteiger partial charge in [-0.25, -0.2) is 0 Å². The molecule has 3 nitrogen and oxygen atoms in total. The monoisotopic (exact) mass is 175 g/mol. The molecule has 0 fully saturated rings. The average Bonchev–Trinajstić information content (AvgIpc) is 1.93. The van der Waals surface area contributed by atoms with Gasteiger partial charge in [0.25, 0.3) is 0 Å². The second kappa shape index (κ2) is 5.19. The molecule has 1 amide bonds. The van der Waals surface area contributed by atoms with Gasteiger partial charge in [0.1, 0.15) is 5.75 Å². The standard InChI is InChI=1S/C8H9NO2.Na.H/c1-6(10)9-7-2-4-8(11)5-3-7;;/h2-5,11H,1H3,(H,9,10);;. The number of carbonyl (C=O) groups excluding carboxylic acids is 1. The summed E-state index contributed by atoms with van der Waals surface area (Å²) in [7, 11) is 0. The van der Waals surface area contributed by atoms with E-state index in [0.29, 0.717) is 5.69 Å². The van der Waals surface area contributed by atoms with E-state index in [-0.39, 0.29) is 41.2 Å². The third kappa shape index (κ3) is 3.76. The minimum absolute atomic E-state index is 0. The fraction of sp³-hybridized carbons (Fsp3) is 0.125. The average molecular weight is 175 g/mol. The number of benzene rings is 1. The molecule has 0 radical (unpaired) electrons. The van der Waals surface area contributed by atoms with Crippen LogP contribution in [-0.2, 0) is 4.79 Å². The van der Waals surface area contributed by atoms with Crippen molar-refractivity contribution in [3.05, 3.63) is 24.3 Å². The van der Waals surface area contributed by atoms with Crippen LogP contribution in [0.3, 0.4) is 0 Å². The molecule has 0 atom stereocenters. The Morgan fingerprint density at radius 3 is 2.25 bits per heavy atom. The van der Waals surface area contributed by atoms with Gasteiger partial charge in [-0.1, -0.05) is 0 Å². The first-order valence-electron chi connectivity index (χ1n) is 3.25. The van der Waals surface area contributed by atoms with E-state index in [2.05, 4.69) is 5.32 Å². The van der Waals surface area contributed by atoms with Gasteiger partial charge in [-0.15, -0.1) is 0 Å². The molecule has 1 aromatic carbocycles. The number of rotatable bonds is 1. The number of carbonyl (C=O) groups is 1. The van der Waals surface area contributed by atoms with Gasteiger partial charge in [0.05, 0.1) is 0 Å². The molecule has 0 aromatic heterocycles. The zero-order valence-corrected chi connectivity index (χ0v) is 6.16. The van der Waals surface area contributed by atoms with E-state index in [4.69, 9.17) is 5.11 Å². The van der Waals surface area contributed by atoms with Crippen LogP contribution in [0.25, 0.3) is 0 Å². The zero-order chi connectivity index (χ0) is 8.27. The molecule has 1 rings (SSSR count). The molecule has 0 aliphatic rings. The quantitative estimate of drug-likeness (QED) is 0.487. The van der Waals surface area contributed by atoms with E-state index in [1.807, 2.05) is 0 Å². The van der Waals surface area contributed by atoms with Crippen LogP contribution in [0.4, 0.5) is 5.69 Å². The van der Waals surface area contributed by atoms with Crippen molar-refractivity contribution in [3.8, 4) is 5.75 Å². The van der Waals surface area contributed by atoms with Gasteiger partial charge >= 0.3 is 29.6 Å². The van der Waals surface area contributed by atoms with Crippen LogP contribution in [0, 0.1) is 0 Å². The number of hydrogen-bond donors (Lipinski definition) is 2. The van der Waals surface area contributed by atoms with Crippen LogP contribution in [0.1, 0.15) is 6.92 Å². The molecule has 0 saturated carbocycles. The van der Waals surface area contributed by atoms with E-state index in [1.165, 1.54) is 19.1 Å². The fourth-order valence-corrected chi connectivity index (χ4v) is 0.748. The summed E-state index contributed by atoms with van der Waals surface area (Å²) in [6.07, 6.45) is 0. The van der Waals surface area contributed by atoms with Gasteiger partial charge in [0, 0.05) is 12.6 Å². The molecule has 0 aliphatic heterocycles. The molecule has 60 valence electrons. The van der Waals surface area contributed by atoms with Crippen LogP contribution in [-0.4, -0.2) is 40.6 Å². The summed E-state index contributed by atoms with van der Waals surface area (Å²) < 4.78 is 0. The fourth-order valence-electron chi connectivity index (χ4n) is 0.748. The minimum atomic E-state index is -0.115. The number of amides is 1. The van der Waals surface area contributed by atoms with Crippen LogP contribution in [0.5, 0.6) is 5.75 Å². The molecule has 0 bridgehead atoms. The number of hydrogen-bond acceptors (Lipinski definition) is 2. The molecule has 12 heavy (non-hydrogen) atoms. The molecular weight excluding hydrogens is 165 g/mol. The normalized spacial score (nSPS) is 8.42. The summed E-state index contributed by atoms with van der Waals surface area (Å²) in [5.41, 5.74) is 0.690.